The first-order valence-electron chi connectivity index (χ1n) is 9.26. The Bertz CT molecular complexity index is 980. The smallest absolute Gasteiger partial charge is 0.253 e. The number of nitrogens with zero attached hydrogens (tertiary/aromatic N) is 2. The van der Waals surface area contributed by atoms with E-state index in [0.29, 0.717) is 30.3 Å². The minimum Gasteiger partial charge on any atom is -0.382 e. The Morgan fingerprint density at radius 2 is 1.93 bits per heavy atom. The Balaban J connectivity index is 1.38. The second kappa shape index (κ2) is 7.35. The van der Waals surface area contributed by atoms with Crippen LogP contribution in [0.3, 0.4) is 0 Å². The van der Waals surface area contributed by atoms with Crippen molar-refractivity contribution in [3.63, 3.8) is 0 Å². The average molecular weight is 363 g/mol. The molecule has 138 valence electrons. The van der Waals surface area contributed by atoms with Crippen LogP contribution in [-0.2, 0) is 0 Å². The Labute approximate surface area is 158 Å². The van der Waals surface area contributed by atoms with Gasteiger partial charge in [-0.1, -0.05) is 12.1 Å². The van der Waals surface area contributed by atoms with E-state index in [0.717, 1.165) is 29.3 Å². The molecular weight excluding hydrogens is 341 g/mol. The fourth-order valence-corrected chi connectivity index (χ4v) is 3.54. The van der Waals surface area contributed by atoms with E-state index in [1.54, 1.807) is 25.3 Å². The van der Waals surface area contributed by atoms with Gasteiger partial charge in [0, 0.05) is 48.2 Å². The van der Waals surface area contributed by atoms with Gasteiger partial charge in [0.15, 0.2) is 0 Å². The summed E-state index contributed by atoms with van der Waals surface area (Å²) in [6.45, 7) is 3.04. The molecule has 2 heterocycles. The third-order valence-electron chi connectivity index (χ3n) is 5.21. The number of amides is 1. The molecule has 0 unspecified atom stereocenters. The highest BCUT2D eigenvalue weighted by atomic mass is 19.1. The number of hydrogen-bond donors (Lipinski definition) is 1. The molecule has 1 aliphatic rings. The van der Waals surface area contributed by atoms with Crippen molar-refractivity contribution in [2.24, 2.45) is 0 Å². The number of halogens is 1. The molecule has 1 saturated heterocycles. The summed E-state index contributed by atoms with van der Waals surface area (Å²) in [4.78, 5) is 18.6. The Kier molecular flexibility index (Phi) is 4.75. The molecule has 1 fully saturated rings. The summed E-state index contributed by atoms with van der Waals surface area (Å²) >= 11 is 0. The Morgan fingerprint density at radius 1 is 1.11 bits per heavy atom. The number of rotatable bonds is 3. The zero-order valence-corrected chi connectivity index (χ0v) is 15.3. The molecule has 0 atom stereocenters. The van der Waals surface area contributed by atoms with Gasteiger partial charge in [0.25, 0.3) is 5.91 Å². The van der Waals surface area contributed by atoms with Crippen molar-refractivity contribution in [2.45, 2.75) is 25.8 Å². The lowest BCUT2D eigenvalue weighted by Gasteiger charge is -2.33. The van der Waals surface area contributed by atoms with Crippen LogP contribution >= 0.6 is 0 Å². The van der Waals surface area contributed by atoms with E-state index in [2.05, 4.69) is 28.5 Å². The summed E-state index contributed by atoms with van der Waals surface area (Å²) in [5.41, 5.74) is 2.06. The van der Waals surface area contributed by atoms with Gasteiger partial charge in [0.05, 0.1) is 0 Å². The van der Waals surface area contributed by atoms with E-state index in [9.17, 15) is 9.18 Å². The predicted molar refractivity (Wildman–Crippen MR) is 105 cm³/mol. The number of pyridine rings is 1. The molecule has 1 amide bonds. The number of anilines is 1. The van der Waals surface area contributed by atoms with E-state index in [1.807, 2.05) is 17.2 Å². The van der Waals surface area contributed by atoms with Gasteiger partial charge in [0.1, 0.15) is 5.82 Å². The maximum absolute atomic E-state index is 13.7. The van der Waals surface area contributed by atoms with Crippen LogP contribution in [0.2, 0.25) is 0 Å². The average Bonchev–Trinajstić information content (AvgIpc) is 2.70. The number of likely N-dealkylation sites (tertiary alicyclic amines) is 1. The van der Waals surface area contributed by atoms with Crippen LogP contribution in [0.4, 0.5) is 10.1 Å². The zero-order chi connectivity index (χ0) is 18.8. The first-order valence-corrected chi connectivity index (χ1v) is 9.26. The van der Waals surface area contributed by atoms with Crippen molar-refractivity contribution in [1.29, 1.82) is 0 Å². The molecule has 27 heavy (non-hydrogen) atoms. The molecule has 4 nitrogen and oxygen atoms in total. The van der Waals surface area contributed by atoms with Crippen LogP contribution in [0.15, 0.2) is 54.9 Å². The second-order valence-corrected chi connectivity index (χ2v) is 7.11. The third-order valence-corrected chi connectivity index (χ3v) is 5.21. The lowest BCUT2D eigenvalue weighted by Crippen LogP contribution is -2.42. The summed E-state index contributed by atoms with van der Waals surface area (Å²) < 4.78 is 13.7. The van der Waals surface area contributed by atoms with Crippen LogP contribution in [0.25, 0.3) is 10.8 Å². The number of aryl methyl sites for hydroxylation is 1. The number of aromatic nitrogens is 1. The molecule has 1 aromatic heterocycles. The summed E-state index contributed by atoms with van der Waals surface area (Å²) in [7, 11) is 0. The molecule has 0 radical (unpaired) electrons. The number of carbonyl (C=O) groups is 1. The summed E-state index contributed by atoms with van der Waals surface area (Å²) in [6.07, 6.45) is 5.39. The molecule has 0 aliphatic carbocycles. The highest BCUT2D eigenvalue weighted by Gasteiger charge is 2.24. The second-order valence-electron chi connectivity index (χ2n) is 7.11. The highest BCUT2D eigenvalue weighted by molar-refractivity contribution is 5.94. The minimum atomic E-state index is -0.330. The monoisotopic (exact) mass is 363 g/mol. The fraction of sp³-hybridized carbons (Fsp3) is 0.273. The van der Waals surface area contributed by atoms with Crippen LogP contribution in [-0.4, -0.2) is 34.9 Å². The fourth-order valence-electron chi connectivity index (χ4n) is 3.54. The number of hydrogen-bond acceptors (Lipinski definition) is 3. The molecule has 0 spiro atoms. The van der Waals surface area contributed by atoms with Gasteiger partial charge in [0.2, 0.25) is 0 Å². The van der Waals surface area contributed by atoms with Crippen molar-refractivity contribution in [2.75, 3.05) is 18.4 Å². The zero-order valence-electron chi connectivity index (χ0n) is 15.3. The van der Waals surface area contributed by atoms with E-state index in [1.165, 1.54) is 6.07 Å². The minimum absolute atomic E-state index is 0.0921. The van der Waals surface area contributed by atoms with E-state index in [-0.39, 0.29) is 11.7 Å². The maximum atomic E-state index is 13.7. The molecule has 5 heteroatoms. The lowest BCUT2D eigenvalue weighted by molar-refractivity contribution is 0.0718. The van der Waals surface area contributed by atoms with E-state index < -0.39 is 0 Å². The van der Waals surface area contributed by atoms with Gasteiger partial charge in [-0.05, 0) is 61.0 Å². The largest absolute Gasteiger partial charge is 0.382 e. The predicted octanol–water partition coefficient (Wildman–Crippen LogP) is 4.40. The molecular formula is C22H22FN3O. The third kappa shape index (κ3) is 3.77. The Morgan fingerprint density at radius 3 is 2.70 bits per heavy atom. The quantitative estimate of drug-likeness (QED) is 0.750. The van der Waals surface area contributed by atoms with E-state index >= 15 is 0 Å². The van der Waals surface area contributed by atoms with Crippen LogP contribution in [0.5, 0.6) is 0 Å². The van der Waals surface area contributed by atoms with Gasteiger partial charge in [-0.3, -0.25) is 9.78 Å². The number of piperidine rings is 1. The molecule has 2 aromatic carbocycles. The highest BCUT2D eigenvalue weighted by Crippen LogP contribution is 2.22. The van der Waals surface area contributed by atoms with Crippen LogP contribution in [0, 0.1) is 12.7 Å². The Hall–Kier alpha value is -2.95. The van der Waals surface area contributed by atoms with Gasteiger partial charge in [-0.2, -0.15) is 0 Å². The van der Waals surface area contributed by atoms with Crippen molar-refractivity contribution in [1.82, 2.24) is 9.88 Å². The standard InChI is InChI=1S/C22H22FN3O/c1-15-2-3-17(13-21(15)23)22(27)26-10-7-19(8-11-26)25-20-5-4-18-14-24-9-6-16(18)12-20/h2-6,9,12-14,19,25H,7-8,10-11H2,1H3. The molecule has 3 aromatic rings. The molecule has 1 N–H and O–H groups in total. The topological polar surface area (TPSA) is 45.2 Å². The summed E-state index contributed by atoms with van der Waals surface area (Å²) in [5, 5.41) is 5.85. The first kappa shape index (κ1) is 17.5. The van der Waals surface area contributed by atoms with Crippen molar-refractivity contribution >= 4 is 22.4 Å². The van der Waals surface area contributed by atoms with Crippen LogP contribution < -0.4 is 5.32 Å². The number of fused-ring (bicyclic) bond motifs is 1. The summed E-state index contributed by atoms with van der Waals surface area (Å²) in [6, 6.07) is 13.3. The first-order chi connectivity index (χ1) is 13.1. The molecule has 0 bridgehead atoms. The van der Waals surface area contributed by atoms with Gasteiger partial charge in [-0.25, -0.2) is 4.39 Å². The van der Waals surface area contributed by atoms with Gasteiger partial charge < -0.3 is 10.2 Å². The number of carbonyl (C=O) groups excluding carboxylic acids is 1. The molecule has 4 rings (SSSR count). The SMILES string of the molecule is Cc1ccc(C(=O)N2CCC(Nc3ccc4cnccc4c3)CC2)cc1F. The van der Waals surface area contributed by atoms with Crippen molar-refractivity contribution < 1.29 is 9.18 Å². The normalized spacial score (nSPS) is 15.1. The molecule has 1 aliphatic heterocycles. The van der Waals surface area contributed by atoms with Crippen LogP contribution in [0.1, 0.15) is 28.8 Å². The van der Waals surface area contributed by atoms with Crippen molar-refractivity contribution in [3.05, 3.63) is 71.8 Å². The summed E-state index contributed by atoms with van der Waals surface area (Å²) in [5.74, 6) is -0.422. The number of nitrogens with one attached hydrogen (secondary N) is 1. The van der Waals surface area contributed by atoms with Gasteiger partial charge in [-0.15, -0.1) is 0 Å². The lowest BCUT2D eigenvalue weighted by atomic mass is 10.0. The van der Waals surface area contributed by atoms with Gasteiger partial charge >= 0.3 is 0 Å². The number of benzene rings is 2. The molecule has 0 saturated carbocycles. The van der Waals surface area contributed by atoms with Crippen molar-refractivity contribution in [3.8, 4) is 0 Å². The van der Waals surface area contributed by atoms with E-state index in [4.69, 9.17) is 0 Å². The maximum Gasteiger partial charge on any atom is 0.253 e.